The lowest BCUT2D eigenvalue weighted by Gasteiger charge is -2.44. The van der Waals surface area contributed by atoms with Crippen molar-refractivity contribution in [3.8, 4) is 11.1 Å². The van der Waals surface area contributed by atoms with E-state index >= 15 is 0 Å². The standard InChI is InChI=1S/C59H59N3O8Si/c1-59(2,3)71(46-24-12-6-13-25-46,47-26-14-7-15-27-47)68-39-45-34-32-44(33-35-45)38-66-57-54(61-62-60)56(65-37-43-22-10-5-11-23-43)55(53(69-57)41-64-36-42-20-8-4-9-21-42)70-58(63)67-40-52-50-30-18-16-28-48(50)49-29-17-19-31-51(49)52/h4-35,52-57H,36-41H2,1-3H3/t53-,54-,55-,56-,57-/m1/s1. The second-order valence-corrected chi connectivity index (χ2v) is 23.3. The van der Waals surface area contributed by atoms with Gasteiger partial charge in [0.05, 0.1) is 33.0 Å². The molecule has 0 saturated carbocycles. The van der Waals surface area contributed by atoms with Gasteiger partial charge in [-0.3, -0.25) is 0 Å². The van der Waals surface area contributed by atoms with Crippen molar-refractivity contribution in [3.63, 3.8) is 0 Å². The molecule has 1 aliphatic carbocycles. The fraction of sp³-hybridized carbons (Fsp3) is 0.271. The first-order valence-electron chi connectivity index (χ1n) is 24.1. The summed E-state index contributed by atoms with van der Waals surface area (Å²) in [5.41, 5.74) is 18.1. The van der Waals surface area contributed by atoms with Crippen molar-refractivity contribution in [2.75, 3.05) is 13.2 Å². The van der Waals surface area contributed by atoms with Gasteiger partial charge in [0.25, 0.3) is 8.32 Å². The molecule has 1 aliphatic heterocycles. The molecule has 71 heavy (non-hydrogen) atoms. The number of fused-ring (bicyclic) bond motifs is 3. The van der Waals surface area contributed by atoms with Crippen LogP contribution in [0.4, 0.5) is 4.79 Å². The van der Waals surface area contributed by atoms with E-state index in [1.165, 1.54) is 10.4 Å². The first-order chi connectivity index (χ1) is 34.7. The van der Waals surface area contributed by atoms with Gasteiger partial charge < -0.3 is 32.8 Å². The Morgan fingerprint density at radius 2 is 1.06 bits per heavy atom. The van der Waals surface area contributed by atoms with E-state index in [1.807, 2.05) is 121 Å². The Kier molecular flexibility index (Phi) is 15.9. The molecule has 1 heterocycles. The highest BCUT2D eigenvalue weighted by molar-refractivity contribution is 6.99. The quantitative estimate of drug-likeness (QED) is 0.0257. The summed E-state index contributed by atoms with van der Waals surface area (Å²) in [6.07, 6.45) is -5.11. The summed E-state index contributed by atoms with van der Waals surface area (Å²) in [6.45, 7) is 7.75. The van der Waals surface area contributed by atoms with Crippen LogP contribution in [0, 0.1) is 0 Å². The molecule has 0 bridgehead atoms. The third kappa shape index (κ3) is 11.4. The minimum Gasteiger partial charge on any atom is -0.433 e. The van der Waals surface area contributed by atoms with Gasteiger partial charge in [0.2, 0.25) is 0 Å². The molecule has 0 amide bonds. The third-order valence-electron chi connectivity index (χ3n) is 13.4. The van der Waals surface area contributed by atoms with E-state index in [4.69, 9.17) is 32.8 Å². The Morgan fingerprint density at radius 3 is 1.61 bits per heavy atom. The van der Waals surface area contributed by atoms with Crippen LogP contribution >= 0.6 is 0 Å². The van der Waals surface area contributed by atoms with Gasteiger partial charge in [0.1, 0.15) is 24.9 Å². The van der Waals surface area contributed by atoms with Crippen LogP contribution < -0.4 is 10.4 Å². The molecular formula is C59H59N3O8Si. The second-order valence-electron chi connectivity index (χ2n) is 19.0. The zero-order valence-electron chi connectivity index (χ0n) is 40.3. The van der Waals surface area contributed by atoms with E-state index in [0.717, 1.165) is 44.5 Å². The van der Waals surface area contributed by atoms with Crippen molar-refractivity contribution < 1.29 is 37.6 Å². The number of carbonyl (C=O) groups excluding carboxylic acids is 1. The van der Waals surface area contributed by atoms with E-state index in [1.54, 1.807) is 0 Å². The number of rotatable bonds is 19. The lowest BCUT2D eigenvalue weighted by molar-refractivity contribution is -0.281. The highest BCUT2D eigenvalue weighted by Crippen LogP contribution is 2.45. The average molecular weight is 966 g/mol. The molecule has 2 aliphatic rings. The minimum atomic E-state index is -2.77. The molecule has 0 N–H and O–H groups in total. The Morgan fingerprint density at radius 1 is 0.577 bits per heavy atom. The van der Waals surface area contributed by atoms with Crippen LogP contribution in [-0.2, 0) is 59.3 Å². The summed E-state index contributed by atoms with van der Waals surface area (Å²) in [6, 6.07) is 63.8. The molecule has 7 aromatic rings. The molecule has 5 atom stereocenters. The SMILES string of the molecule is CC(C)(C)[Si](OCc1ccc(CO[C@@H]2O[C@H](COCc3ccccc3)[C@@H](OC(=O)OCC3c4ccccc4-c4ccccc43)[C@H](OCc3ccccc3)[C@H]2N=[N+]=[N-])cc1)(c1ccccc1)c1ccccc1. The van der Waals surface area contributed by atoms with Gasteiger partial charge in [-0.05, 0) is 65.5 Å². The van der Waals surface area contributed by atoms with Crippen LogP contribution in [0.5, 0.6) is 0 Å². The Hall–Kier alpha value is -6.86. The number of hydrogen-bond acceptors (Lipinski definition) is 9. The van der Waals surface area contributed by atoms with Crippen LogP contribution in [0.25, 0.3) is 21.6 Å². The first kappa shape index (κ1) is 49.1. The number of ether oxygens (including phenoxy) is 6. The molecule has 362 valence electrons. The summed E-state index contributed by atoms with van der Waals surface area (Å²) in [7, 11) is -2.77. The summed E-state index contributed by atoms with van der Waals surface area (Å²) in [4.78, 5) is 17.2. The van der Waals surface area contributed by atoms with E-state index in [9.17, 15) is 10.3 Å². The molecule has 0 unspecified atom stereocenters. The zero-order valence-corrected chi connectivity index (χ0v) is 41.3. The predicted octanol–water partition coefficient (Wildman–Crippen LogP) is 11.8. The maximum atomic E-state index is 14.0. The largest absolute Gasteiger partial charge is 0.508 e. The van der Waals surface area contributed by atoms with Crippen molar-refractivity contribution >= 4 is 24.8 Å². The molecule has 0 aromatic heterocycles. The molecule has 0 radical (unpaired) electrons. The molecule has 1 fully saturated rings. The van der Waals surface area contributed by atoms with Crippen LogP contribution in [0.3, 0.4) is 0 Å². The maximum absolute atomic E-state index is 14.0. The topological polar surface area (TPSA) is 130 Å². The Labute approximate surface area is 417 Å². The van der Waals surface area contributed by atoms with Gasteiger partial charge in [0, 0.05) is 10.8 Å². The zero-order chi connectivity index (χ0) is 49.0. The van der Waals surface area contributed by atoms with Crippen molar-refractivity contribution in [2.45, 2.75) is 88.8 Å². The van der Waals surface area contributed by atoms with E-state index in [-0.39, 0.29) is 44.0 Å². The van der Waals surface area contributed by atoms with Crippen LogP contribution in [0.1, 0.15) is 60.1 Å². The smallest absolute Gasteiger partial charge is 0.433 e. The minimum absolute atomic E-state index is 0.00963. The van der Waals surface area contributed by atoms with Gasteiger partial charge in [-0.2, -0.15) is 0 Å². The summed E-state index contributed by atoms with van der Waals surface area (Å²) >= 11 is 0. The highest BCUT2D eigenvalue weighted by Gasteiger charge is 2.51. The van der Waals surface area contributed by atoms with E-state index in [0.29, 0.717) is 6.61 Å². The summed E-state index contributed by atoms with van der Waals surface area (Å²) in [5.74, 6) is -0.189. The number of benzene rings is 7. The Bertz CT molecular complexity index is 2780. The van der Waals surface area contributed by atoms with Crippen LogP contribution in [0.2, 0.25) is 5.04 Å². The van der Waals surface area contributed by atoms with Gasteiger partial charge >= 0.3 is 6.16 Å². The van der Waals surface area contributed by atoms with Crippen molar-refractivity contribution in [1.29, 1.82) is 0 Å². The molecule has 7 aromatic carbocycles. The Balaban J connectivity index is 0.946. The van der Waals surface area contributed by atoms with Gasteiger partial charge in [-0.1, -0.05) is 220 Å². The molecule has 9 rings (SSSR count). The molecule has 0 spiro atoms. The van der Waals surface area contributed by atoms with Crippen LogP contribution in [-0.4, -0.2) is 58.3 Å². The van der Waals surface area contributed by atoms with Gasteiger partial charge in [-0.15, -0.1) is 0 Å². The number of nitrogens with zero attached hydrogens (tertiary/aromatic N) is 3. The fourth-order valence-electron chi connectivity index (χ4n) is 9.91. The maximum Gasteiger partial charge on any atom is 0.508 e. The number of azide groups is 1. The molecule has 12 heteroatoms. The van der Waals surface area contributed by atoms with Crippen molar-refractivity contribution in [3.05, 3.63) is 238 Å². The van der Waals surface area contributed by atoms with Crippen LogP contribution in [0.15, 0.2) is 199 Å². The fourth-order valence-corrected chi connectivity index (χ4v) is 14.5. The third-order valence-corrected chi connectivity index (χ3v) is 18.3. The number of carbonyl (C=O) groups is 1. The second kappa shape index (κ2) is 22.9. The predicted molar refractivity (Wildman–Crippen MR) is 276 cm³/mol. The molecule has 11 nitrogen and oxygen atoms in total. The normalized spacial score (nSPS) is 18.7. The highest BCUT2D eigenvalue weighted by atomic mass is 28.4. The lowest BCUT2D eigenvalue weighted by Crippen LogP contribution is -2.66. The van der Waals surface area contributed by atoms with Gasteiger partial charge in [-0.25, -0.2) is 4.79 Å². The summed E-state index contributed by atoms with van der Waals surface area (Å²) in [5, 5.41) is 6.46. The lowest BCUT2D eigenvalue weighted by atomic mass is 9.96. The van der Waals surface area contributed by atoms with Gasteiger partial charge in [0.15, 0.2) is 12.4 Å². The van der Waals surface area contributed by atoms with E-state index in [2.05, 4.69) is 104 Å². The molecule has 1 saturated heterocycles. The van der Waals surface area contributed by atoms with Crippen molar-refractivity contribution in [2.24, 2.45) is 5.11 Å². The first-order valence-corrected chi connectivity index (χ1v) is 26.1. The average Bonchev–Trinajstić information content (AvgIpc) is 3.72. The summed E-state index contributed by atoms with van der Waals surface area (Å²) < 4.78 is 45.5. The van der Waals surface area contributed by atoms with Crippen molar-refractivity contribution in [1.82, 2.24) is 0 Å². The monoisotopic (exact) mass is 965 g/mol. The van der Waals surface area contributed by atoms with E-state index < -0.39 is 45.1 Å². The molecular weight excluding hydrogens is 907 g/mol. The number of hydrogen-bond donors (Lipinski definition) is 0.